The van der Waals surface area contributed by atoms with Crippen LogP contribution >= 0.6 is 61.7 Å². The monoisotopic (exact) mass is 706 g/mol. The molecule has 3 heterocycles. The molecule has 192 valence electrons. The molecule has 0 bridgehead atoms. The number of nitrogens with one attached hydrogen (secondary N) is 2. The van der Waals surface area contributed by atoms with Gasteiger partial charge in [0.1, 0.15) is 24.5 Å². The van der Waals surface area contributed by atoms with Gasteiger partial charge in [0, 0.05) is 63.8 Å². The Hall–Kier alpha value is -1.31. The van der Waals surface area contributed by atoms with E-state index in [9.17, 15) is 0 Å². The summed E-state index contributed by atoms with van der Waals surface area (Å²) in [7, 11) is 4.01. The Bertz CT molecular complexity index is 1310. The number of piperazine rings is 1. The lowest BCUT2D eigenvalue weighted by Crippen LogP contribution is -2.44. The van der Waals surface area contributed by atoms with Gasteiger partial charge in [-0.05, 0) is 64.7 Å². The number of hydrogen-bond donors (Lipinski definition) is 2. The van der Waals surface area contributed by atoms with Gasteiger partial charge in [-0.1, -0.05) is 23.2 Å². The van der Waals surface area contributed by atoms with E-state index in [-0.39, 0.29) is 0 Å². The Morgan fingerprint density at radius 2 is 1.92 bits per heavy atom. The van der Waals surface area contributed by atoms with Crippen molar-refractivity contribution < 1.29 is 9.47 Å². The minimum absolute atomic E-state index is 0.327. The van der Waals surface area contributed by atoms with Crippen molar-refractivity contribution in [3.63, 3.8) is 0 Å². The van der Waals surface area contributed by atoms with E-state index in [0.29, 0.717) is 47.1 Å². The molecule has 8 nitrogen and oxygen atoms in total. The fourth-order valence-corrected chi connectivity index (χ4v) is 6.26. The van der Waals surface area contributed by atoms with Gasteiger partial charge >= 0.3 is 6.01 Å². The molecule has 2 aliphatic rings. The number of benzene rings is 2. The first kappa shape index (κ1) is 26.3. The first-order valence-electron chi connectivity index (χ1n) is 11.7. The van der Waals surface area contributed by atoms with Crippen molar-refractivity contribution in [2.24, 2.45) is 0 Å². The van der Waals surface area contributed by atoms with Crippen LogP contribution in [0.15, 0.2) is 16.6 Å². The zero-order valence-corrected chi connectivity index (χ0v) is 25.2. The van der Waals surface area contributed by atoms with Crippen molar-refractivity contribution in [1.82, 2.24) is 20.2 Å². The molecule has 0 radical (unpaired) electrons. The molecule has 1 fully saturated rings. The second-order valence-electron chi connectivity index (χ2n) is 8.86. The molecule has 2 N–H and O–H groups in total. The predicted molar refractivity (Wildman–Crippen MR) is 159 cm³/mol. The molecule has 1 saturated heterocycles. The number of hydrogen-bond acceptors (Lipinski definition) is 8. The average Bonchev–Trinajstić information content (AvgIpc) is 2.83. The van der Waals surface area contributed by atoms with Gasteiger partial charge in [0.05, 0.1) is 15.7 Å². The molecule has 0 saturated carbocycles. The SMILES string of the molecule is CN(C)CCOc1nc(N2CCNCC2)c2cc(Cl)c3c(c2n1)OCCNc1c(Br)cc(Cl)c(I)c1-3. The smallest absolute Gasteiger partial charge is 0.319 e. The van der Waals surface area contributed by atoms with E-state index < -0.39 is 0 Å². The Balaban J connectivity index is 1.77. The first-order valence-corrected chi connectivity index (χ1v) is 14.3. The van der Waals surface area contributed by atoms with E-state index in [1.54, 1.807) is 0 Å². The van der Waals surface area contributed by atoms with Gasteiger partial charge in [0.2, 0.25) is 0 Å². The Kier molecular flexibility index (Phi) is 8.19. The van der Waals surface area contributed by atoms with E-state index >= 15 is 0 Å². The van der Waals surface area contributed by atoms with E-state index in [2.05, 4.69) is 59.0 Å². The van der Waals surface area contributed by atoms with Crippen molar-refractivity contribution >= 4 is 84.1 Å². The lowest BCUT2D eigenvalue weighted by atomic mass is 9.99. The third-order valence-corrected chi connectivity index (χ3v) is 8.78. The summed E-state index contributed by atoms with van der Waals surface area (Å²) in [6.07, 6.45) is 0. The minimum atomic E-state index is 0.327. The van der Waals surface area contributed by atoms with Crippen LogP contribution in [0.4, 0.5) is 11.5 Å². The molecule has 0 aliphatic carbocycles. The molecule has 5 rings (SSSR count). The number of aromatic nitrogens is 2. The van der Waals surface area contributed by atoms with Gasteiger partial charge in [0.25, 0.3) is 0 Å². The topological polar surface area (TPSA) is 74.8 Å². The van der Waals surface area contributed by atoms with Crippen LogP contribution < -0.4 is 25.0 Å². The highest BCUT2D eigenvalue weighted by Crippen LogP contribution is 2.51. The maximum absolute atomic E-state index is 7.03. The molecule has 0 atom stereocenters. The summed E-state index contributed by atoms with van der Waals surface area (Å²) >= 11 is 19.6. The molecule has 0 spiro atoms. The predicted octanol–water partition coefficient (Wildman–Crippen LogP) is 5.13. The van der Waals surface area contributed by atoms with Crippen LogP contribution in [-0.4, -0.2) is 81.4 Å². The molecule has 12 heteroatoms. The zero-order valence-electron chi connectivity index (χ0n) is 19.9. The maximum atomic E-state index is 7.03. The van der Waals surface area contributed by atoms with Crippen LogP contribution in [0.1, 0.15) is 0 Å². The summed E-state index contributed by atoms with van der Waals surface area (Å²) in [5.41, 5.74) is 3.24. The average molecular weight is 708 g/mol. The lowest BCUT2D eigenvalue weighted by molar-refractivity contribution is 0.246. The summed E-state index contributed by atoms with van der Waals surface area (Å²) in [5, 5.41) is 8.88. The molecule has 0 amide bonds. The normalized spacial score (nSPS) is 15.6. The molecule has 2 aliphatic heterocycles. The number of halogens is 4. The summed E-state index contributed by atoms with van der Waals surface area (Å²) in [6, 6.07) is 4.16. The maximum Gasteiger partial charge on any atom is 0.319 e. The van der Waals surface area contributed by atoms with Gasteiger partial charge in [0.15, 0.2) is 5.75 Å². The van der Waals surface area contributed by atoms with E-state index in [1.807, 2.05) is 26.2 Å². The summed E-state index contributed by atoms with van der Waals surface area (Å²) in [4.78, 5) is 14.0. The second kappa shape index (κ2) is 11.2. The van der Waals surface area contributed by atoms with Crippen molar-refractivity contribution in [2.75, 3.05) is 76.8 Å². The van der Waals surface area contributed by atoms with Crippen LogP contribution in [0.25, 0.3) is 22.0 Å². The van der Waals surface area contributed by atoms with Crippen LogP contribution in [0.2, 0.25) is 10.0 Å². The summed E-state index contributed by atoms with van der Waals surface area (Å²) < 4.78 is 14.1. The number of anilines is 2. The quantitative estimate of drug-likeness (QED) is 0.280. The number of rotatable bonds is 5. The van der Waals surface area contributed by atoms with E-state index in [1.165, 1.54) is 0 Å². The number of likely N-dealkylation sites (N-methyl/N-ethyl adjacent to an activating group) is 1. The minimum Gasteiger partial charge on any atom is -0.489 e. The van der Waals surface area contributed by atoms with Crippen LogP contribution in [0.3, 0.4) is 0 Å². The van der Waals surface area contributed by atoms with Gasteiger partial charge in [-0.3, -0.25) is 0 Å². The number of nitrogens with zero attached hydrogens (tertiary/aromatic N) is 4. The highest BCUT2D eigenvalue weighted by Gasteiger charge is 2.28. The van der Waals surface area contributed by atoms with Gasteiger partial charge < -0.3 is 29.9 Å². The fourth-order valence-electron chi connectivity index (χ4n) is 4.38. The largest absolute Gasteiger partial charge is 0.489 e. The molecule has 36 heavy (non-hydrogen) atoms. The molecule has 3 aromatic rings. The highest BCUT2D eigenvalue weighted by atomic mass is 127. The van der Waals surface area contributed by atoms with Crippen molar-refractivity contribution in [3.8, 4) is 22.9 Å². The third kappa shape index (κ3) is 5.17. The molecular weight excluding hydrogens is 682 g/mol. The van der Waals surface area contributed by atoms with Gasteiger partial charge in [-0.2, -0.15) is 9.97 Å². The molecule has 1 aromatic heterocycles. The first-order chi connectivity index (χ1) is 17.3. The number of ether oxygens (including phenoxy) is 2. The third-order valence-electron chi connectivity index (χ3n) is 6.11. The molecular formula is C24H26BrCl2IN6O2. The van der Waals surface area contributed by atoms with Gasteiger partial charge in [-0.25, -0.2) is 0 Å². The van der Waals surface area contributed by atoms with Crippen molar-refractivity contribution in [2.45, 2.75) is 0 Å². The summed E-state index contributed by atoms with van der Waals surface area (Å²) in [6.45, 7) is 5.68. The fraction of sp³-hybridized carbons (Fsp3) is 0.417. The van der Waals surface area contributed by atoms with E-state index in [0.717, 1.165) is 68.8 Å². The van der Waals surface area contributed by atoms with Crippen molar-refractivity contribution in [3.05, 3.63) is 30.2 Å². The number of fused-ring (bicyclic) bond motifs is 5. The van der Waals surface area contributed by atoms with Gasteiger partial charge in [-0.15, -0.1) is 0 Å². The highest BCUT2D eigenvalue weighted by molar-refractivity contribution is 14.1. The second-order valence-corrected chi connectivity index (χ2v) is 11.6. The lowest BCUT2D eigenvalue weighted by Gasteiger charge is -2.30. The Labute approximate surface area is 242 Å². The Morgan fingerprint density at radius 3 is 2.67 bits per heavy atom. The molecule has 2 aromatic carbocycles. The van der Waals surface area contributed by atoms with Crippen LogP contribution in [0.5, 0.6) is 11.8 Å². The van der Waals surface area contributed by atoms with E-state index in [4.69, 9.17) is 42.6 Å². The standard InChI is InChI=1S/C24H26BrCl2IN6O2/c1-33(2)8-10-36-24-31-20-13(23(32-24)34-6-3-29-4-7-34)11-15(26)17-18-19(28)16(27)12-14(25)21(18)30-5-9-35-22(17)20/h11-12,29-30H,3-10H2,1-2H3. The summed E-state index contributed by atoms with van der Waals surface area (Å²) in [5.74, 6) is 1.42. The Morgan fingerprint density at radius 1 is 1.14 bits per heavy atom. The van der Waals surface area contributed by atoms with Crippen LogP contribution in [0, 0.1) is 3.57 Å². The molecule has 0 unspecified atom stereocenters. The van der Waals surface area contributed by atoms with Crippen LogP contribution in [-0.2, 0) is 0 Å². The van der Waals surface area contributed by atoms with Crippen molar-refractivity contribution in [1.29, 1.82) is 0 Å². The zero-order chi connectivity index (χ0) is 25.4.